The molecule has 1 N–H and O–H groups in total. The number of halogens is 1. The number of rotatable bonds is 4. The van der Waals surface area contributed by atoms with Crippen molar-refractivity contribution >= 4 is 25.6 Å². The van der Waals surface area contributed by atoms with Gasteiger partial charge in [0.25, 0.3) is 15.0 Å². The Morgan fingerprint density at radius 2 is 2.19 bits per heavy atom. The Labute approximate surface area is 98.8 Å². The first-order valence-electron chi connectivity index (χ1n) is 4.77. The molecule has 0 aliphatic rings. The van der Waals surface area contributed by atoms with Gasteiger partial charge in [0.2, 0.25) is 0 Å². The van der Waals surface area contributed by atoms with Gasteiger partial charge in [0.1, 0.15) is 10.6 Å². The zero-order valence-corrected chi connectivity index (χ0v) is 10.6. The van der Waals surface area contributed by atoms with Crippen molar-refractivity contribution in [3.8, 4) is 0 Å². The van der Waals surface area contributed by atoms with Crippen LogP contribution >= 0.6 is 10.7 Å². The van der Waals surface area contributed by atoms with Gasteiger partial charge in [-0.2, -0.15) is 0 Å². The second kappa shape index (κ2) is 4.88. The quantitative estimate of drug-likeness (QED) is 0.831. The maximum absolute atomic E-state index is 11.5. The van der Waals surface area contributed by atoms with Crippen LogP contribution in [-0.4, -0.2) is 25.9 Å². The van der Waals surface area contributed by atoms with Crippen LogP contribution in [0.15, 0.2) is 17.2 Å². The molecule has 5 nitrogen and oxygen atoms in total. The largest absolute Gasteiger partial charge is 0.354 e. The second-order valence-corrected chi connectivity index (χ2v) is 5.84. The van der Waals surface area contributed by atoms with E-state index >= 15 is 0 Å². The summed E-state index contributed by atoms with van der Waals surface area (Å²) in [7, 11) is 2.91. The highest BCUT2D eigenvalue weighted by Crippen LogP contribution is 2.18. The minimum Gasteiger partial charge on any atom is -0.354 e. The third-order valence-corrected chi connectivity index (χ3v) is 3.40. The Balaban J connectivity index is 3.25. The molecule has 1 rings (SSSR count). The van der Waals surface area contributed by atoms with Gasteiger partial charge in [-0.15, -0.1) is 0 Å². The third kappa shape index (κ3) is 2.76. The molecule has 1 aromatic heterocycles. The van der Waals surface area contributed by atoms with Crippen molar-refractivity contribution in [2.45, 2.75) is 24.8 Å². The van der Waals surface area contributed by atoms with Crippen molar-refractivity contribution in [1.29, 1.82) is 0 Å². The number of hydrogen-bond acceptors (Lipinski definition) is 3. The van der Waals surface area contributed by atoms with Crippen molar-refractivity contribution in [2.24, 2.45) is 0 Å². The lowest BCUT2D eigenvalue weighted by atomic mass is 10.4. The number of carbonyl (C=O) groups excluding carboxylic acids is 1. The fraction of sp³-hybridized carbons (Fsp3) is 0.444. The van der Waals surface area contributed by atoms with E-state index < -0.39 is 9.05 Å². The van der Waals surface area contributed by atoms with E-state index in [4.69, 9.17) is 10.7 Å². The lowest BCUT2D eigenvalue weighted by molar-refractivity contribution is 0.0953. The zero-order chi connectivity index (χ0) is 12.3. The summed E-state index contributed by atoms with van der Waals surface area (Å²) < 4.78 is 23.8. The number of hydrogen-bond donors (Lipinski definition) is 1. The van der Waals surface area contributed by atoms with Gasteiger partial charge in [-0.3, -0.25) is 4.79 Å². The Kier molecular flexibility index (Phi) is 3.98. The predicted molar refractivity (Wildman–Crippen MR) is 61.2 cm³/mol. The number of aryl methyl sites for hydroxylation is 1. The van der Waals surface area contributed by atoms with E-state index in [1.807, 2.05) is 6.92 Å². The predicted octanol–water partition coefficient (Wildman–Crippen LogP) is 1.19. The fourth-order valence-corrected chi connectivity index (χ4v) is 2.12. The molecule has 1 aromatic rings. The summed E-state index contributed by atoms with van der Waals surface area (Å²) in [6.45, 7) is 2.50. The molecule has 0 saturated heterocycles. The Bertz CT molecular complexity index is 493. The topological polar surface area (TPSA) is 68.2 Å². The number of carbonyl (C=O) groups is 1. The van der Waals surface area contributed by atoms with Crippen LogP contribution in [-0.2, 0) is 15.6 Å². The molecule has 0 aromatic carbocycles. The lowest BCUT2D eigenvalue weighted by Gasteiger charge is -2.05. The summed E-state index contributed by atoms with van der Waals surface area (Å²) in [5, 5.41) is 2.45. The van der Waals surface area contributed by atoms with Gasteiger partial charge in [-0.25, -0.2) is 8.42 Å². The minimum atomic E-state index is -3.79. The van der Waals surface area contributed by atoms with Crippen LogP contribution in [0.25, 0.3) is 0 Å². The van der Waals surface area contributed by atoms with Gasteiger partial charge in [0.15, 0.2) is 0 Å². The van der Waals surface area contributed by atoms with Crippen LogP contribution in [0.5, 0.6) is 0 Å². The van der Waals surface area contributed by atoms with Crippen LogP contribution in [0, 0.1) is 0 Å². The smallest absolute Gasteiger partial charge is 0.267 e. The first kappa shape index (κ1) is 13.1. The molecule has 0 radical (unpaired) electrons. The fourth-order valence-electron chi connectivity index (χ4n) is 1.36. The molecule has 16 heavy (non-hydrogen) atoms. The highest BCUT2D eigenvalue weighted by atomic mass is 35.7. The maximum Gasteiger partial charge on any atom is 0.267 e. The summed E-state index contributed by atoms with van der Waals surface area (Å²) in [6, 6.07) is 1.27. The van der Waals surface area contributed by atoms with Gasteiger partial charge in [0, 0.05) is 30.5 Å². The molecular weight excluding hydrogens is 252 g/mol. The van der Waals surface area contributed by atoms with Crippen molar-refractivity contribution in [3.05, 3.63) is 18.0 Å². The standard InChI is InChI=1S/C9H13ClN2O3S/c1-3-4-12-6-7(16(10,14)15)5-8(12)9(13)11-2/h5-6H,3-4H2,1-2H3,(H,11,13). The normalized spacial score (nSPS) is 11.4. The molecule has 0 unspecified atom stereocenters. The molecule has 1 amide bonds. The molecule has 0 fully saturated rings. The molecule has 7 heteroatoms. The van der Waals surface area contributed by atoms with E-state index in [-0.39, 0.29) is 10.8 Å². The molecule has 1 heterocycles. The summed E-state index contributed by atoms with van der Waals surface area (Å²) in [6.07, 6.45) is 2.16. The second-order valence-electron chi connectivity index (χ2n) is 3.27. The van der Waals surface area contributed by atoms with E-state index in [0.29, 0.717) is 12.2 Å². The third-order valence-electron chi connectivity index (χ3n) is 2.08. The van der Waals surface area contributed by atoms with Gasteiger partial charge >= 0.3 is 0 Å². The van der Waals surface area contributed by atoms with Gasteiger partial charge in [-0.05, 0) is 12.5 Å². The van der Waals surface area contributed by atoms with E-state index in [9.17, 15) is 13.2 Å². The molecule has 0 spiro atoms. The van der Waals surface area contributed by atoms with E-state index in [1.165, 1.54) is 19.3 Å². The highest BCUT2D eigenvalue weighted by molar-refractivity contribution is 8.13. The molecule has 90 valence electrons. The van der Waals surface area contributed by atoms with Gasteiger partial charge in [-0.1, -0.05) is 6.92 Å². The highest BCUT2D eigenvalue weighted by Gasteiger charge is 2.18. The molecule has 0 aliphatic heterocycles. The lowest BCUT2D eigenvalue weighted by Crippen LogP contribution is -2.21. The van der Waals surface area contributed by atoms with Crippen LogP contribution in [0.3, 0.4) is 0 Å². The minimum absolute atomic E-state index is 0.0544. The zero-order valence-electron chi connectivity index (χ0n) is 9.03. The Hall–Kier alpha value is -1.01. The van der Waals surface area contributed by atoms with Crippen molar-refractivity contribution in [1.82, 2.24) is 9.88 Å². The number of aromatic nitrogens is 1. The first-order chi connectivity index (χ1) is 7.40. The maximum atomic E-state index is 11.5. The van der Waals surface area contributed by atoms with Crippen LogP contribution < -0.4 is 5.32 Å². The monoisotopic (exact) mass is 264 g/mol. The Morgan fingerprint density at radius 3 is 2.62 bits per heavy atom. The van der Waals surface area contributed by atoms with Gasteiger partial charge < -0.3 is 9.88 Å². The average molecular weight is 265 g/mol. The number of nitrogens with one attached hydrogen (secondary N) is 1. The summed E-state index contributed by atoms with van der Waals surface area (Å²) in [4.78, 5) is 11.4. The number of amides is 1. The first-order valence-corrected chi connectivity index (χ1v) is 7.08. The van der Waals surface area contributed by atoms with Crippen LogP contribution in [0.1, 0.15) is 23.8 Å². The van der Waals surface area contributed by atoms with E-state index in [2.05, 4.69) is 5.32 Å². The average Bonchev–Trinajstić information content (AvgIpc) is 2.61. The van der Waals surface area contributed by atoms with Gasteiger partial charge in [0.05, 0.1) is 0 Å². The summed E-state index contributed by atoms with van der Waals surface area (Å²) in [5.41, 5.74) is 0.295. The Morgan fingerprint density at radius 1 is 1.56 bits per heavy atom. The molecule has 0 atom stereocenters. The van der Waals surface area contributed by atoms with Crippen LogP contribution in [0.4, 0.5) is 0 Å². The van der Waals surface area contributed by atoms with E-state index in [1.54, 1.807) is 4.57 Å². The molecule has 0 saturated carbocycles. The van der Waals surface area contributed by atoms with Crippen molar-refractivity contribution < 1.29 is 13.2 Å². The molecule has 0 bridgehead atoms. The van der Waals surface area contributed by atoms with Crippen LogP contribution in [0.2, 0.25) is 0 Å². The SMILES string of the molecule is CCCn1cc(S(=O)(=O)Cl)cc1C(=O)NC. The molecular formula is C9H13ClN2O3S. The van der Waals surface area contributed by atoms with Crippen molar-refractivity contribution in [3.63, 3.8) is 0 Å². The van der Waals surface area contributed by atoms with E-state index in [0.717, 1.165) is 6.42 Å². The molecule has 0 aliphatic carbocycles. The number of nitrogens with zero attached hydrogens (tertiary/aromatic N) is 1. The summed E-state index contributed by atoms with van der Waals surface area (Å²) in [5.74, 6) is -0.333. The summed E-state index contributed by atoms with van der Waals surface area (Å²) >= 11 is 0. The van der Waals surface area contributed by atoms with Crippen molar-refractivity contribution in [2.75, 3.05) is 7.05 Å².